The molecule has 0 radical (unpaired) electrons. The van der Waals surface area contributed by atoms with Gasteiger partial charge >= 0.3 is 0 Å². The fourth-order valence-electron chi connectivity index (χ4n) is 3.25. The van der Waals surface area contributed by atoms with Crippen LogP contribution in [0.3, 0.4) is 0 Å². The highest BCUT2D eigenvalue weighted by molar-refractivity contribution is 5.82. The van der Waals surface area contributed by atoms with Crippen LogP contribution in [-0.4, -0.2) is 39.8 Å². The van der Waals surface area contributed by atoms with E-state index >= 15 is 0 Å². The van der Waals surface area contributed by atoms with Gasteiger partial charge in [0.2, 0.25) is 6.41 Å². The van der Waals surface area contributed by atoms with Gasteiger partial charge in [-0.25, -0.2) is 0 Å². The molecule has 5 nitrogen and oxygen atoms in total. The summed E-state index contributed by atoms with van der Waals surface area (Å²) in [6.45, 7) is 2.99. The summed E-state index contributed by atoms with van der Waals surface area (Å²) in [5.41, 5.74) is 3.40. The zero-order valence-corrected chi connectivity index (χ0v) is 15.2. The van der Waals surface area contributed by atoms with Crippen LogP contribution in [0.5, 0.6) is 11.5 Å². The molecule has 0 saturated heterocycles. The fraction of sp³-hybridized carbons (Fsp3) is 0.381. The number of rotatable bonds is 9. The predicted molar refractivity (Wildman–Crippen MR) is 103 cm³/mol. The molecule has 1 heterocycles. The van der Waals surface area contributed by atoms with E-state index in [9.17, 15) is 4.79 Å². The van der Waals surface area contributed by atoms with E-state index in [4.69, 9.17) is 9.47 Å². The first-order chi connectivity index (χ1) is 12.8. The van der Waals surface area contributed by atoms with Crippen molar-refractivity contribution >= 4 is 12.1 Å². The molecule has 0 aliphatic carbocycles. The van der Waals surface area contributed by atoms with Crippen LogP contribution in [0.1, 0.15) is 17.5 Å². The van der Waals surface area contributed by atoms with Crippen molar-refractivity contribution in [1.82, 2.24) is 5.32 Å². The van der Waals surface area contributed by atoms with Crippen molar-refractivity contribution in [3.8, 4) is 11.5 Å². The maximum atomic E-state index is 11.3. The van der Waals surface area contributed by atoms with Crippen molar-refractivity contribution in [1.29, 1.82) is 0 Å². The van der Waals surface area contributed by atoms with Gasteiger partial charge in [0.25, 0.3) is 0 Å². The van der Waals surface area contributed by atoms with Crippen LogP contribution in [0.25, 0.3) is 0 Å². The number of anilines is 1. The molecule has 5 heteroatoms. The number of hydrogen-bond donors (Lipinski definition) is 1. The van der Waals surface area contributed by atoms with E-state index in [1.165, 1.54) is 11.1 Å². The van der Waals surface area contributed by atoms with Crippen LogP contribution < -0.4 is 19.7 Å². The first-order valence-electron chi connectivity index (χ1n) is 9.12. The number of carbonyl (C=O) groups excluding carboxylic acids is 1. The number of ether oxygens (including phenoxy) is 2. The van der Waals surface area contributed by atoms with Crippen LogP contribution in [-0.2, 0) is 17.6 Å². The molecule has 2 aromatic rings. The maximum Gasteiger partial charge on any atom is 0.214 e. The quantitative estimate of drug-likeness (QED) is 0.556. The van der Waals surface area contributed by atoms with E-state index in [-0.39, 0.29) is 0 Å². The van der Waals surface area contributed by atoms with Crippen LogP contribution >= 0.6 is 0 Å². The number of nitrogens with one attached hydrogen (secondary N) is 1. The lowest BCUT2D eigenvalue weighted by molar-refractivity contribution is -0.107. The Hall–Kier alpha value is -2.53. The second kappa shape index (κ2) is 9.25. The number of methoxy groups -OCH3 is 1. The molecule has 0 saturated carbocycles. The normalized spacial score (nSPS) is 13.2. The number of aryl methyl sites for hydroxylation is 1. The predicted octanol–water partition coefficient (Wildman–Crippen LogP) is 2.82. The molecule has 3 rings (SSSR count). The van der Waals surface area contributed by atoms with E-state index in [0.717, 1.165) is 62.5 Å². The van der Waals surface area contributed by atoms with Gasteiger partial charge in [-0.2, -0.15) is 0 Å². The largest absolute Gasteiger partial charge is 0.497 e. The molecule has 138 valence electrons. The van der Waals surface area contributed by atoms with Gasteiger partial charge in [-0.05, 0) is 55.1 Å². The molecule has 1 amide bonds. The molecule has 1 N–H and O–H groups in total. The SMILES string of the molecule is COc1ccc(CCNCCOc2cccc3c2N(C=O)CCC3)cc1. The van der Waals surface area contributed by atoms with Crippen molar-refractivity contribution in [2.24, 2.45) is 0 Å². The van der Waals surface area contributed by atoms with Gasteiger partial charge in [-0.3, -0.25) is 4.79 Å². The highest BCUT2D eigenvalue weighted by atomic mass is 16.5. The summed E-state index contributed by atoms with van der Waals surface area (Å²) < 4.78 is 11.1. The third-order valence-corrected chi connectivity index (χ3v) is 4.63. The molecule has 0 spiro atoms. The Morgan fingerprint density at radius 1 is 1.15 bits per heavy atom. The third-order valence-electron chi connectivity index (χ3n) is 4.63. The Bertz CT molecular complexity index is 716. The van der Waals surface area contributed by atoms with E-state index < -0.39 is 0 Å². The third kappa shape index (κ3) is 4.55. The minimum atomic E-state index is 0.575. The van der Waals surface area contributed by atoms with Gasteiger partial charge in [0.1, 0.15) is 18.1 Å². The number of amides is 1. The molecular weight excluding hydrogens is 328 g/mol. The van der Waals surface area contributed by atoms with Crippen molar-refractivity contribution in [3.05, 3.63) is 53.6 Å². The van der Waals surface area contributed by atoms with Crippen molar-refractivity contribution in [2.75, 3.05) is 38.3 Å². The zero-order valence-electron chi connectivity index (χ0n) is 15.2. The summed E-state index contributed by atoms with van der Waals surface area (Å²) in [6, 6.07) is 14.1. The van der Waals surface area contributed by atoms with Crippen molar-refractivity contribution in [3.63, 3.8) is 0 Å². The second-order valence-electron chi connectivity index (χ2n) is 6.36. The summed E-state index contributed by atoms with van der Waals surface area (Å²) >= 11 is 0. The molecule has 1 aliphatic rings. The lowest BCUT2D eigenvalue weighted by Crippen LogP contribution is -2.29. The number of carbonyl (C=O) groups is 1. The van der Waals surface area contributed by atoms with Crippen LogP contribution in [0.4, 0.5) is 5.69 Å². The number of nitrogens with zero attached hydrogens (tertiary/aromatic N) is 1. The fourth-order valence-corrected chi connectivity index (χ4v) is 3.25. The maximum absolute atomic E-state index is 11.3. The first kappa shape index (κ1) is 18.3. The number of benzene rings is 2. The highest BCUT2D eigenvalue weighted by Crippen LogP contribution is 2.35. The minimum absolute atomic E-state index is 0.575. The number of fused-ring (bicyclic) bond motifs is 1. The first-order valence-corrected chi connectivity index (χ1v) is 9.12. The highest BCUT2D eigenvalue weighted by Gasteiger charge is 2.20. The lowest BCUT2D eigenvalue weighted by Gasteiger charge is -2.28. The van der Waals surface area contributed by atoms with E-state index in [0.29, 0.717) is 6.61 Å². The van der Waals surface area contributed by atoms with Gasteiger partial charge in [0.05, 0.1) is 12.8 Å². The molecule has 1 aliphatic heterocycles. The minimum Gasteiger partial charge on any atom is -0.497 e. The van der Waals surface area contributed by atoms with Gasteiger partial charge < -0.3 is 19.7 Å². The van der Waals surface area contributed by atoms with Gasteiger partial charge in [-0.1, -0.05) is 24.3 Å². The molecule has 0 atom stereocenters. The monoisotopic (exact) mass is 354 g/mol. The van der Waals surface area contributed by atoms with Crippen LogP contribution in [0, 0.1) is 0 Å². The van der Waals surface area contributed by atoms with Gasteiger partial charge in [0, 0.05) is 13.1 Å². The van der Waals surface area contributed by atoms with E-state index in [1.807, 2.05) is 24.3 Å². The Kier molecular flexibility index (Phi) is 6.50. The number of para-hydroxylation sites is 1. The average Bonchev–Trinajstić information content (AvgIpc) is 2.70. The zero-order chi connectivity index (χ0) is 18.2. The summed E-state index contributed by atoms with van der Waals surface area (Å²) in [5.74, 6) is 1.68. The lowest BCUT2D eigenvalue weighted by atomic mass is 10.0. The van der Waals surface area contributed by atoms with Crippen molar-refractivity contribution < 1.29 is 14.3 Å². The molecule has 0 bridgehead atoms. The molecule has 26 heavy (non-hydrogen) atoms. The summed E-state index contributed by atoms with van der Waals surface area (Å²) in [6.07, 6.45) is 3.86. The smallest absolute Gasteiger partial charge is 0.214 e. The Morgan fingerprint density at radius 3 is 2.77 bits per heavy atom. The molecule has 0 unspecified atom stereocenters. The molecule has 0 aromatic heterocycles. The Labute approximate surface area is 154 Å². The average molecular weight is 354 g/mol. The summed E-state index contributed by atoms with van der Waals surface area (Å²) in [7, 11) is 1.68. The second-order valence-corrected chi connectivity index (χ2v) is 6.36. The van der Waals surface area contributed by atoms with E-state index in [2.05, 4.69) is 23.5 Å². The van der Waals surface area contributed by atoms with Crippen LogP contribution in [0.2, 0.25) is 0 Å². The van der Waals surface area contributed by atoms with Crippen LogP contribution in [0.15, 0.2) is 42.5 Å². The molecular formula is C21H26N2O3. The topological polar surface area (TPSA) is 50.8 Å². The van der Waals surface area contributed by atoms with Crippen molar-refractivity contribution in [2.45, 2.75) is 19.3 Å². The Balaban J connectivity index is 1.43. The Morgan fingerprint density at radius 2 is 2.00 bits per heavy atom. The molecule has 0 fully saturated rings. The summed E-state index contributed by atoms with van der Waals surface area (Å²) in [4.78, 5) is 13.1. The standard InChI is InChI=1S/C21H26N2O3/c1-25-19-9-7-17(8-10-19)11-12-22-13-15-26-20-6-2-4-18-5-3-14-23(16-24)21(18)20/h2,4,6-10,16,22H,3,5,11-15H2,1H3. The number of hydrogen-bond acceptors (Lipinski definition) is 4. The van der Waals surface area contributed by atoms with E-state index in [1.54, 1.807) is 12.0 Å². The van der Waals surface area contributed by atoms with Gasteiger partial charge in [-0.15, -0.1) is 0 Å². The summed E-state index contributed by atoms with van der Waals surface area (Å²) in [5, 5.41) is 3.40. The molecule has 2 aromatic carbocycles. The van der Waals surface area contributed by atoms with Gasteiger partial charge in [0.15, 0.2) is 0 Å².